The van der Waals surface area contributed by atoms with Crippen LogP contribution in [0.2, 0.25) is 10.0 Å². The third kappa shape index (κ3) is 2.87. The van der Waals surface area contributed by atoms with Crippen LogP contribution in [0.15, 0.2) is 18.2 Å². The molecule has 0 saturated heterocycles. The number of ketones is 1. The van der Waals surface area contributed by atoms with Crippen LogP contribution >= 0.6 is 23.2 Å². The van der Waals surface area contributed by atoms with E-state index in [9.17, 15) is 4.79 Å². The van der Waals surface area contributed by atoms with Gasteiger partial charge in [-0.25, -0.2) is 0 Å². The van der Waals surface area contributed by atoms with Crippen molar-refractivity contribution in [2.24, 2.45) is 17.6 Å². The Bertz CT molecular complexity index is 447. The Labute approximate surface area is 117 Å². The third-order valence-corrected chi connectivity index (χ3v) is 4.49. The van der Waals surface area contributed by atoms with E-state index in [0.717, 1.165) is 19.3 Å². The zero-order chi connectivity index (χ0) is 13.1. The highest BCUT2D eigenvalue weighted by molar-refractivity contribution is 6.42. The molecule has 4 heteroatoms. The SMILES string of the molecule is NCC1CCCCC1C(=O)c1ccc(Cl)c(Cl)c1. The van der Waals surface area contributed by atoms with Crippen molar-refractivity contribution in [3.05, 3.63) is 33.8 Å². The number of benzene rings is 1. The van der Waals surface area contributed by atoms with Crippen molar-refractivity contribution in [2.45, 2.75) is 25.7 Å². The molecule has 0 bridgehead atoms. The fourth-order valence-corrected chi connectivity index (χ4v) is 3.00. The smallest absolute Gasteiger partial charge is 0.166 e. The number of carbonyl (C=O) groups excluding carboxylic acids is 1. The molecule has 0 spiro atoms. The Morgan fingerprint density at radius 1 is 1.22 bits per heavy atom. The quantitative estimate of drug-likeness (QED) is 0.855. The molecule has 2 N–H and O–H groups in total. The van der Waals surface area contributed by atoms with E-state index >= 15 is 0 Å². The number of rotatable bonds is 3. The van der Waals surface area contributed by atoms with E-state index in [0.29, 0.717) is 28.1 Å². The lowest BCUT2D eigenvalue weighted by Crippen LogP contribution is -2.32. The normalized spacial score (nSPS) is 23.9. The first kappa shape index (κ1) is 13.9. The zero-order valence-corrected chi connectivity index (χ0v) is 11.7. The van der Waals surface area contributed by atoms with Crippen molar-refractivity contribution < 1.29 is 4.79 Å². The fourth-order valence-electron chi connectivity index (χ4n) is 2.70. The van der Waals surface area contributed by atoms with Gasteiger partial charge in [0.15, 0.2) is 5.78 Å². The van der Waals surface area contributed by atoms with Crippen LogP contribution in [0.5, 0.6) is 0 Å². The summed E-state index contributed by atoms with van der Waals surface area (Å²) in [7, 11) is 0. The predicted octanol–water partition coefficient (Wildman–Crippen LogP) is 3.94. The average molecular weight is 286 g/mol. The highest BCUT2D eigenvalue weighted by atomic mass is 35.5. The van der Waals surface area contributed by atoms with Gasteiger partial charge >= 0.3 is 0 Å². The van der Waals surface area contributed by atoms with E-state index in [1.165, 1.54) is 6.42 Å². The second-order valence-electron chi connectivity index (χ2n) is 4.88. The monoisotopic (exact) mass is 285 g/mol. The lowest BCUT2D eigenvalue weighted by molar-refractivity contribution is 0.0829. The van der Waals surface area contributed by atoms with Crippen molar-refractivity contribution in [2.75, 3.05) is 6.54 Å². The van der Waals surface area contributed by atoms with Crippen molar-refractivity contribution in [1.82, 2.24) is 0 Å². The standard InChI is InChI=1S/C14H17Cl2NO/c15-12-6-5-9(7-13(12)16)14(18)11-4-2-1-3-10(11)8-17/h5-7,10-11H,1-4,8,17H2. The van der Waals surface area contributed by atoms with Crippen LogP contribution in [0, 0.1) is 11.8 Å². The summed E-state index contributed by atoms with van der Waals surface area (Å²) in [6.45, 7) is 0.581. The number of nitrogens with two attached hydrogens (primary N) is 1. The summed E-state index contributed by atoms with van der Waals surface area (Å²) in [5.74, 6) is 0.505. The van der Waals surface area contributed by atoms with Crippen LogP contribution < -0.4 is 5.73 Å². The van der Waals surface area contributed by atoms with Gasteiger partial charge in [-0.1, -0.05) is 36.0 Å². The summed E-state index contributed by atoms with van der Waals surface area (Å²) in [5.41, 5.74) is 6.41. The van der Waals surface area contributed by atoms with Crippen LogP contribution in [0.25, 0.3) is 0 Å². The second kappa shape index (κ2) is 6.05. The minimum Gasteiger partial charge on any atom is -0.330 e. The average Bonchev–Trinajstić information content (AvgIpc) is 2.41. The van der Waals surface area contributed by atoms with Crippen molar-refractivity contribution in [1.29, 1.82) is 0 Å². The summed E-state index contributed by atoms with van der Waals surface area (Å²) in [5, 5.41) is 0.912. The molecule has 1 fully saturated rings. The van der Waals surface area contributed by atoms with Gasteiger partial charge in [0.2, 0.25) is 0 Å². The minimum atomic E-state index is 0.0426. The maximum Gasteiger partial charge on any atom is 0.166 e. The summed E-state index contributed by atoms with van der Waals surface area (Å²) in [6, 6.07) is 5.09. The van der Waals surface area contributed by atoms with E-state index in [4.69, 9.17) is 28.9 Å². The summed E-state index contributed by atoms with van der Waals surface area (Å²) in [6.07, 6.45) is 4.26. The molecule has 0 heterocycles. The van der Waals surface area contributed by atoms with Crippen molar-refractivity contribution >= 4 is 29.0 Å². The topological polar surface area (TPSA) is 43.1 Å². The van der Waals surface area contributed by atoms with Gasteiger partial charge < -0.3 is 5.73 Å². The van der Waals surface area contributed by atoms with E-state index in [2.05, 4.69) is 0 Å². The molecule has 2 unspecified atom stereocenters. The molecule has 1 aliphatic carbocycles. The Morgan fingerprint density at radius 3 is 2.61 bits per heavy atom. The first-order chi connectivity index (χ1) is 8.63. The predicted molar refractivity (Wildman–Crippen MR) is 75.3 cm³/mol. The summed E-state index contributed by atoms with van der Waals surface area (Å²) >= 11 is 11.8. The molecule has 0 aliphatic heterocycles. The molecule has 0 aromatic heterocycles. The van der Waals surface area contributed by atoms with Crippen molar-refractivity contribution in [3.63, 3.8) is 0 Å². The fraction of sp³-hybridized carbons (Fsp3) is 0.500. The Kier molecular flexibility index (Phi) is 4.66. The third-order valence-electron chi connectivity index (χ3n) is 3.75. The largest absolute Gasteiger partial charge is 0.330 e. The molecule has 1 aliphatic rings. The molecule has 1 saturated carbocycles. The second-order valence-corrected chi connectivity index (χ2v) is 5.69. The first-order valence-electron chi connectivity index (χ1n) is 6.33. The van der Waals surface area contributed by atoms with Gasteiger partial charge in [-0.3, -0.25) is 4.79 Å². The summed E-state index contributed by atoms with van der Waals surface area (Å²) < 4.78 is 0. The number of hydrogen-bond donors (Lipinski definition) is 1. The van der Waals surface area contributed by atoms with Gasteiger partial charge in [-0.15, -0.1) is 0 Å². The van der Waals surface area contributed by atoms with Crippen molar-refractivity contribution in [3.8, 4) is 0 Å². The number of hydrogen-bond acceptors (Lipinski definition) is 2. The molecule has 98 valence electrons. The Balaban J connectivity index is 2.21. The van der Waals surface area contributed by atoms with Crippen LogP contribution in [0.3, 0.4) is 0 Å². The van der Waals surface area contributed by atoms with E-state index in [-0.39, 0.29) is 11.7 Å². The molecule has 1 aromatic carbocycles. The zero-order valence-electron chi connectivity index (χ0n) is 10.2. The number of Topliss-reactive ketones (excluding diaryl/α,β-unsaturated/α-hetero) is 1. The molecule has 2 rings (SSSR count). The lowest BCUT2D eigenvalue weighted by Gasteiger charge is -2.29. The van der Waals surface area contributed by atoms with Gasteiger partial charge in [-0.05, 0) is 43.5 Å². The Morgan fingerprint density at radius 2 is 1.94 bits per heavy atom. The molecular weight excluding hydrogens is 269 g/mol. The molecule has 2 nitrogen and oxygen atoms in total. The van der Waals surface area contributed by atoms with Crippen LogP contribution in [0.4, 0.5) is 0 Å². The highest BCUT2D eigenvalue weighted by Crippen LogP contribution is 2.33. The first-order valence-corrected chi connectivity index (χ1v) is 7.08. The van der Waals surface area contributed by atoms with E-state index in [1.54, 1.807) is 18.2 Å². The van der Waals surface area contributed by atoms with Crippen LogP contribution in [-0.2, 0) is 0 Å². The molecular formula is C14H17Cl2NO. The molecule has 18 heavy (non-hydrogen) atoms. The molecule has 0 amide bonds. The van der Waals surface area contributed by atoms with E-state index < -0.39 is 0 Å². The summed E-state index contributed by atoms with van der Waals surface area (Å²) in [4.78, 5) is 12.5. The molecule has 2 atom stereocenters. The molecule has 0 radical (unpaired) electrons. The highest BCUT2D eigenvalue weighted by Gasteiger charge is 2.30. The maximum atomic E-state index is 12.5. The van der Waals surface area contributed by atoms with Gasteiger partial charge in [0, 0.05) is 11.5 Å². The van der Waals surface area contributed by atoms with Gasteiger partial charge in [0.1, 0.15) is 0 Å². The van der Waals surface area contributed by atoms with E-state index in [1.807, 2.05) is 0 Å². The van der Waals surface area contributed by atoms with Gasteiger partial charge in [0.25, 0.3) is 0 Å². The number of halogens is 2. The van der Waals surface area contributed by atoms with Crippen LogP contribution in [0.1, 0.15) is 36.0 Å². The number of carbonyl (C=O) groups is 1. The maximum absolute atomic E-state index is 12.5. The Hall–Kier alpha value is -0.570. The van der Waals surface area contributed by atoms with Gasteiger partial charge in [-0.2, -0.15) is 0 Å². The van der Waals surface area contributed by atoms with Gasteiger partial charge in [0.05, 0.1) is 10.0 Å². The van der Waals surface area contributed by atoms with Crippen LogP contribution in [-0.4, -0.2) is 12.3 Å². The minimum absolute atomic E-state index is 0.0426. The molecule has 1 aromatic rings. The lowest BCUT2D eigenvalue weighted by atomic mass is 9.75.